The molecule has 7 nitrogen and oxygen atoms in total. The summed E-state index contributed by atoms with van der Waals surface area (Å²) in [6.07, 6.45) is 7.97. The highest BCUT2D eigenvalue weighted by atomic mass is 127. The fourth-order valence-corrected chi connectivity index (χ4v) is 4.17. The summed E-state index contributed by atoms with van der Waals surface area (Å²) < 4.78 is 5.24. The molecule has 1 atom stereocenters. The van der Waals surface area contributed by atoms with E-state index >= 15 is 0 Å². The van der Waals surface area contributed by atoms with Crippen LogP contribution in [0.3, 0.4) is 0 Å². The first kappa shape index (κ1) is 24.0. The molecule has 2 aliphatic heterocycles. The summed E-state index contributed by atoms with van der Waals surface area (Å²) in [6.45, 7) is 8.58. The van der Waals surface area contributed by atoms with Crippen LogP contribution in [0.5, 0.6) is 0 Å². The number of hydrogen-bond acceptors (Lipinski definition) is 4. The fourth-order valence-electron chi connectivity index (χ4n) is 4.17. The van der Waals surface area contributed by atoms with E-state index in [1.165, 1.54) is 45.2 Å². The van der Waals surface area contributed by atoms with Crippen LogP contribution in [0, 0.1) is 0 Å². The largest absolute Gasteiger partial charge is 0.459 e. The number of rotatable bonds is 6. The molecule has 3 rings (SSSR count). The summed E-state index contributed by atoms with van der Waals surface area (Å²) in [5.41, 5.74) is 0. The van der Waals surface area contributed by atoms with Gasteiger partial charge in [0.05, 0.1) is 6.26 Å². The van der Waals surface area contributed by atoms with Gasteiger partial charge in [-0.1, -0.05) is 19.8 Å². The topological polar surface area (TPSA) is 64.3 Å². The normalized spacial score (nSPS) is 21.0. The lowest BCUT2D eigenvalue weighted by Gasteiger charge is -2.39. The number of guanidine groups is 1. The second-order valence-electron chi connectivity index (χ2n) is 7.72. The number of likely N-dealkylation sites (tertiary alicyclic amines) is 1. The molecule has 2 aliphatic rings. The van der Waals surface area contributed by atoms with Gasteiger partial charge in [0.15, 0.2) is 11.7 Å². The highest BCUT2D eigenvalue weighted by Crippen LogP contribution is 2.17. The summed E-state index contributed by atoms with van der Waals surface area (Å²) in [6, 6.07) is 4.08. The van der Waals surface area contributed by atoms with Crippen LogP contribution in [0.1, 0.15) is 49.6 Å². The number of piperidine rings is 1. The van der Waals surface area contributed by atoms with E-state index in [0.717, 1.165) is 25.6 Å². The zero-order valence-electron chi connectivity index (χ0n) is 17.8. The molecular formula is C21H36IN5O2. The maximum Gasteiger partial charge on any atom is 0.289 e. The minimum Gasteiger partial charge on any atom is -0.459 e. The van der Waals surface area contributed by atoms with E-state index in [-0.39, 0.29) is 29.9 Å². The predicted octanol–water partition coefficient (Wildman–Crippen LogP) is 2.89. The number of carbonyl (C=O) groups excluding carboxylic acids is 1. The van der Waals surface area contributed by atoms with Crippen molar-refractivity contribution < 1.29 is 9.21 Å². The minimum atomic E-state index is -0.0265. The van der Waals surface area contributed by atoms with Crippen LogP contribution in [0.4, 0.5) is 0 Å². The predicted molar refractivity (Wildman–Crippen MR) is 127 cm³/mol. The lowest BCUT2D eigenvalue weighted by molar-refractivity contribution is 0.0657. The van der Waals surface area contributed by atoms with Gasteiger partial charge in [-0.05, 0) is 44.5 Å². The van der Waals surface area contributed by atoms with Gasteiger partial charge in [-0.2, -0.15) is 0 Å². The van der Waals surface area contributed by atoms with Crippen LogP contribution in [0.2, 0.25) is 0 Å². The molecule has 1 amide bonds. The van der Waals surface area contributed by atoms with Gasteiger partial charge in [-0.3, -0.25) is 14.7 Å². The van der Waals surface area contributed by atoms with E-state index in [9.17, 15) is 4.79 Å². The summed E-state index contributed by atoms with van der Waals surface area (Å²) in [7, 11) is 1.85. The molecule has 0 bridgehead atoms. The number of hydrogen-bond donors (Lipinski definition) is 1. The maximum atomic E-state index is 12.4. The van der Waals surface area contributed by atoms with Crippen molar-refractivity contribution in [2.75, 3.05) is 52.9 Å². The van der Waals surface area contributed by atoms with Crippen molar-refractivity contribution in [2.45, 2.75) is 45.1 Å². The molecule has 164 valence electrons. The van der Waals surface area contributed by atoms with Gasteiger partial charge in [-0.25, -0.2) is 0 Å². The van der Waals surface area contributed by atoms with Gasteiger partial charge in [0, 0.05) is 45.8 Å². The summed E-state index contributed by atoms with van der Waals surface area (Å²) >= 11 is 0. The van der Waals surface area contributed by atoms with Crippen LogP contribution >= 0.6 is 24.0 Å². The van der Waals surface area contributed by atoms with Gasteiger partial charge in [0.1, 0.15) is 0 Å². The van der Waals surface area contributed by atoms with Crippen LogP contribution < -0.4 is 5.32 Å². The Balaban J connectivity index is 0.00000300. The van der Waals surface area contributed by atoms with Crippen molar-refractivity contribution in [1.29, 1.82) is 0 Å². The average Bonchev–Trinajstić information content (AvgIpc) is 3.28. The number of unbranched alkanes of at least 4 members (excludes halogenated alkanes) is 1. The smallest absolute Gasteiger partial charge is 0.289 e. The Hall–Kier alpha value is -1.29. The summed E-state index contributed by atoms with van der Waals surface area (Å²) in [4.78, 5) is 23.7. The first-order valence-electron chi connectivity index (χ1n) is 10.8. The minimum absolute atomic E-state index is 0. The lowest BCUT2D eigenvalue weighted by atomic mass is 10.0. The SMILES string of the molecule is CCCCN1CCCCC1CNC(=NC)N1CCN(C(=O)c2ccco2)CC1.I. The van der Waals surface area contributed by atoms with Crippen LogP contribution in [0.25, 0.3) is 0 Å². The van der Waals surface area contributed by atoms with E-state index in [2.05, 4.69) is 27.0 Å². The molecule has 0 aliphatic carbocycles. The Labute approximate surface area is 191 Å². The van der Waals surface area contributed by atoms with Crippen molar-refractivity contribution in [3.05, 3.63) is 24.2 Å². The zero-order chi connectivity index (χ0) is 19.8. The molecule has 0 spiro atoms. The molecule has 0 aromatic carbocycles. The van der Waals surface area contributed by atoms with Crippen LogP contribution in [-0.4, -0.2) is 85.5 Å². The Kier molecular flexibility index (Phi) is 10.3. The molecule has 8 heteroatoms. The standard InChI is InChI=1S/C21H35N5O2.HI/c1-3-4-10-24-11-6-5-8-18(24)17-23-21(22-2)26-14-12-25(13-15-26)20(27)19-9-7-16-28-19;/h7,9,16,18H,3-6,8,10-15,17H2,1-2H3,(H,22,23);1H. The third-order valence-corrected chi connectivity index (χ3v) is 5.85. The van der Waals surface area contributed by atoms with Crippen molar-refractivity contribution in [1.82, 2.24) is 20.0 Å². The van der Waals surface area contributed by atoms with E-state index < -0.39 is 0 Å². The third-order valence-electron chi connectivity index (χ3n) is 5.85. The highest BCUT2D eigenvalue weighted by molar-refractivity contribution is 14.0. The maximum absolute atomic E-state index is 12.4. The number of halogens is 1. The zero-order valence-corrected chi connectivity index (χ0v) is 20.1. The average molecular weight is 517 g/mol. The first-order chi connectivity index (χ1) is 13.7. The number of furan rings is 1. The first-order valence-corrected chi connectivity index (χ1v) is 10.8. The number of nitrogens with one attached hydrogen (secondary N) is 1. The summed E-state index contributed by atoms with van der Waals surface area (Å²) in [5, 5.41) is 3.60. The number of amides is 1. The van der Waals surface area contributed by atoms with E-state index in [1.54, 1.807) is 18.4 Å². The van der Waals surface area contributed by atoms with Gasteiger partial charge in [-0.15, -0.1) is 24.0 Å². The molecule has 1 aromatic rings. The third kappa shape index (κ3) is 6.60. The molecule has 1 unspecified atom stereocenters. The van der Waals surface area contributed by atoms with E-state index in [4.69, 9.17) is 4.42 Å². The molecule has 2 saturated heterocycles. The molecule has 0 radical (unpaired) electrons. The van der Waals surface area contributed by atoms with Gasteiger partial charge in [0.2, 0.25) is 0 Å². The summed E-state index contributed by atoms with van der Waals surface area (Å²) in [5.74, 6) is 1.34. The monoisotopic (exact) mass is 517 g/mol. The second-order valence-corrected chi connectivity index (χ2v) is 7.72. The van der Waals surface area contributed by atoms with Crippen molar-refractivity contribution in [3.63, 3.8) is 0 Å². The number of nitrogens with zero attached hydrogens (tertiary/aromatic N) is 4. The van der Waals surface area contributed by atoms with E-state index in [1.807, 2.05) is 11.9 Å². The fraction of sp³-hybridized carbons (Fsp3) is 0.714. The molecule has 1 N–H and O–H groups in total. The molecule has 1 aromatic heterocycles. The van der Waals surface area contributed by atoms with Gasteiger partial charge < -0.3 is 19.5 Å². The molecule has 0 saturated carbocycles. The molecule has 29 heavy (non-hydrogen) atoms. The number of carbonyl (C=O) groups is 1. The molecular weight excluding hydrogens is 481 g/mol. The molecule has 3 heterocycles. The van der Waals surface area contributed by atoms with Crippen molar-refractivity contribution in [3.8, 4) is 0 Å². The quantitative estimate of drug-likeness (QED) is 0.357. The lowest BCUT2D eigenvalue weighted by Crippen LogP contribution is -2.55. The van der Waals surface area contributed by atoms with E-state index in [0.29, 0.717) is 24.9 Å². The Morgan fingerprint density at radius 3 is 2.62 bits per heavy atom. The Morgan fingerprint density at radius 1 is 1.21 bits per heavy atom. The van der Waals surface area contributed by atoms with Gasteiger partial charge >= 0.3 is 0 Å². The van der Waals surface area contributed by atoms with Crippen molar-refractivity contribution >= 4 is 35.8 Å². The van der Waals surface area contributed by atoms with Crippen LogP contribution in [0.15, 0.2) is 27.8 Å². The second kappa shape index (κ2) is 12.4. The Bertz CT molecular complexity index is 629. The number of piperazine rings is 1. The highest BCUT2D eigenvalue weighted by Gasteiger charge is 2.26. The Morgan fingerprint density at radius 2 is 1.97 bits per heavy atom. The number of aliphatic imine (C=N–C) groups is 1. The van der Waals surface area contributed by atoms with Gasteiger partial charge in [0.25, 0.3) is 5.91 Å². The van der Waals surface area contributed by atoms with Crippen molar-refractivity contribution in [2.24, 2.45) is 4.99 Å². The van der Waals surface area contributed by atoms with Crippen LogP contribution in [-0.2, 0) is 0 Å². The molecule has 2 fully saturated rings.